The van der Waals surface area contributed by atoms with Crippen LogP contribution in [0.5, 0.6) is 5.75 Å². The second kappa shape index (κ2) is 13.0. The molecular weight excluding hydrogens is 472 g/mol. The van der Waals surface area contributed by atoms with Crippen LogP contribution in [0.1, 0.15) is 69.9 Å². The van der Waals surface area contributed by atoms with Gasteiger partial charge in [-0.05, 0) is 38.3 Å². The maximum Gasteiger partial charge on any atom is 0.332 e. The van der Waals surface area contributed by atoms with Gasteiger partial charge in [0.2, 0.25) is 0 Å². The molecule has 36 heavy (non-hydrogen) atoms. The zero-order valence-corrected chi connectivity index (χ0v) is 21.5. The molecule has 198 valence electrons. The summed E-state index contributed by atoms with van der Waals surface area (Å²) in [6.07, 6.45) is 0.303. The number of rotatable bonds is 8. The summed E-state index contributed by atoms with van der Waals surface area (Å²) in [7, 11) is 0. The predicted octanol–water partition coefficient (Wildman–Crippen LogP) is 2.28. The average Bonchev–Trinajstić information content (AvgIpc) is 2.85. The van der Waals surface area contributed by atoms with E-state index in [0.29, 0.717) is 12.0 Å². The number of esters is 4. The van der Waals surface area contributed by atoms with Crippen LogP contribution in [0.3, 0.4) is 0 Å². The van der Waals surface area contributed by atoms with Gasteiger partial charge in [-0.15, -0.1) is 0 Å². The van der Waals surface area contributed by atoms with Gasteiger partial charge >= 0.3 is 23.9 Å². The lowest BCUT2D eigenvalue weighted by Gasteiger charge is -2.29. The zero-order chi connectivity index (χ0) is 27.0. The third-order valence-electron chi connectivity index (χ3n) is 5.60. The van der Waals surface area contributed by atoms with Gasteiger partial charge in [-0.2, -0.15) is 0 Å². The summed E-state index contributed by atoms with van der Waals surface area (Å²) in [5.41, 5.74) is 0.291. The van der Waals surface area contributed by atoms with Gasteiger partial charge in [0.15, 0.2) is 23.6 Å². The Hall–Kier alpha value is -3.50. The Bertz CT molecular complexity index is 992. The van der Waals surface area contributed by atoms with Gasteiger partial charge in [0.05, 0.1) is 11.8 Å². The minimum absolute atomic E-state index is 0.0260. The Balaban J connectivity index is 2.27. The van der Waals surface area contributed by atoms with E-state index in [1.807, 2.05) is 6.92 Å². The number of hydrogen-bond donors (Lipinski definition) is 1. The minimum Gasteiger partial charge on any atom is -0.463 e. The minimum atomic E-state index is -1.37. The number of cyclic esters (lactones) is 2. The quantitative estimate of drug-likeness (QED) is 0.411. The third-order valence-corrected chi connectivity index (χ3v) is 5.60. The molecule has 0 aliphatic carbocycles. The molecule has 1 aliphatic rings. The van der Waals surface area contributed by atoms with Crippen molar-refractivity contribution < 1.29 is 42.9 Å². The molecule has 1 aliphatic heterocycles. The second-order valence-electron chi connectivity index (χ2n) is 8.90. The van der Waals surface area contributed by atoms with E-state index in [1.165, 1.54) is 13.1 Å². The van der Waals surface area contributed by atoms with Crippen LogP contribution in [0.15, 0.2) is 12.3 Å². The molecule has 1 amide bonds. The first-order valence-corrected chi connectivity index (χ1v) is 12.0. The van der Waals surface area contributed by atoms with E-state index in [1.54, 1.807) is 33.8 Å². The summed E-state index contributed by atoms with van der Waals surface area (Å²) >= 11 is 0. The number of amides is 1. The Morgan fingerprint density at radius 2 is 1.89 bits per heavy atom. The number of hydrogen-bond acceptors (Lipinski definition) is 10. The van der Waals surface area contributed by atoms with Crippen molar-refractivity contribution in [1.82, 2.24) is 10.3 Å². The average molecular weight is 507 g/mol. The van der Waals surface area contributed by atoms with Crippen molar-refractivity contribution in [3.8, 4) is 5.75 Å². The summed E-state index contributed by atoms with van der Waals surface area (Å²) in [5.74, 6) is -4.82. The Labute approximate surface area is 210 Å². The van der Waals surface area contributed by atoms with Gasteiger partial charge in [-0.1, -0.05) is 27.7 Å². The van der Waals surface area contributed by atoms with E-state index in [0.717, 1.165) is 0 Å². The number of aromatic nitrogens is 1. The topological polar surface area (TPSA) is 147 Å². The van der Waals surface area contributed by atoms with Gasteiger partial charge in [0.1, 0.15) is 12.7 Å². The molecule has 4 atom stereocenters. The molecular formula is C25H34N2O9. The second-order valence-corrected chi connectivity index (χ2v) is 8.90. The first-order chi connectivity index (χ1) is 17.0. The molecule has 0 bridgehead atoms. The van der Waals surface area contributed by atoms with E-state index in [9.17, 15) is 24.0 Å². The molecule has 1 fully saturated rings. The molecule has 1 saturated heterocycles. The number of carbonyl (C=O) groups is 5. The fraction of sp³-hybridized carbons (Fsp3) is 0.600. The lowest BCUT2D eigenvalue weighted by Crippen LogP contribution is -2.47. The van der Waals surface area contributed by atoms with E-state index in [-0.39, 0.29) is 24.3 Å². The van der Waals surface area contributed by atoms with Crippen LogP contribution in [0.2, 0.25) is 0 Å². The Morgan fingerprint density at radius 3 is 2.50 bits per heavy atom. The first-order valence-electron chi connectivity index (χ1n) is 12.0. The number of ether oxygens (including phenoxy) is 4. The number of aryl methyl sites for hydroxylation is 1. The highest BCUT2D eigenvalue weighted by molar-refractivity contribution is 5.98. The first kappa shape index (κ1) is 28.7. The van der Waals surface area contributed by atoms with Crippen molar-refractivity contribution >= 4 is 29.8 Å². The van der Waals surface area contributed by atoms with E-state index < -0.39 is 66.5 Å². The van der Waals surface area contributed by atoms with Crippen LogP contribution in [0.25, 0.3) is 0 Å². The standard InChI is InChI=1S/C25H34N2O9/c1-7-9-18(28)35-20-14(5)10-11-26-19(20)22(29)27-17-12-33-24(31)16(8-2)21(15(6)34-25(17)32)36-23(30)13(3)4/h10-11,13,15-17,21H,7-9,12H2,1-6H3,(H,27,29)/t15-,16+,17-,21-/m0/s1. The Kier molecular flexibility index (Phi) is 10.4. The molecule has 0 spiro atoms. The number of carbonyl (C=O) groups excluding carboxylic acids is 5. The van der Waals surface area contributed by atoms with Crippen LogP contribution in [0, 0.1) is 18.8 Å². The van der Waals surface area contributed by atoms with Crippen LogP contribution in [-0.4, -0.2) is 59.6 Å². The maximum atomic E-state index is 13.0. The van der Waals surface area contributed by atoms with Gasteiger partial charge in [0, 0.05) is 12.6 Å². The van der Waals surface area contributed by atoms with Crippen molar-refractivity contribution in [1.29, 1.82) is 0 Å². The summed E-state index contributed by atoms with van der Waals surface area (Å²) in [4.78, 5) is 67.0. The SMILES string of the molecule is CCCC(=O)Oc1c(C)ccnc1C(=O)N[C@H]1COC(=O)[C@H](CC)[C@@H](OC(=O)C(C)C)[C@H](C)OC1=O. The molecule has 0 saturated carbocycles. The van der Waals surface area contributed by atoms with Gasteiger partial charge in [-0.3, -0.25) is 19.2 Å². The number of nitrogens with one attached hydrogen (secondary N) is 1. The van der Waals surface area contributed by atoms with Crippen molar-refractivity contribution in [3.63, 3.8) is 0 Å². The van der Waals surface area contributed by atoms with Gasteiger partial charge in [-0.25, -0.2) is 9.78 Å². The van der Waals surface area contributed by atoms with Crippen LogP contribution >= 0.6 is 0 Å². The van der Waals surface area contributed by atoms with Crippen molar-refractivity contribution in [2.24, 2.45) is 11.8 Å². The molecule has 2 rings (SSSR count). The third kappa shape index (κ3) is 7.25. The van der Waals surface area contributed by atoms with Crippen LogP contribution in [-0.2, 0) is 33.4 Å². The molecule has 11 nitrogen and oxygen atoms in total. The lowest BCUT2D eigenvalue weighted by atomic mass is 9.95. The predicted molar refractivity (Wildman–Crippen MR) is 126 cm³/mol. The smallest absolute Gasteiger partial charge is 0.332 e. The zero-order valence-electron chi connectivity index (χ0n) is 21.5. The highest BCUT2D eigenvalue weighted by atomic mass is 16.6. The molecule has 1 aromatic rings. The summed E-state index contributed by atoms with van der Waals surface area (Å²) < 4.78 is 21.6. The highest BCUT2D eigenvalue weighted by Crippen LogP contribution is 2.25. The molecule has 0 radical (unpaired) electrons. The van der Waals surface area contributed by atoms with Crippen LogP contribution in [0.4, 0.5) is 0 Å². The fourth-order valence-corrected chi connectivity index (χ4v) is 3.51. The molecule has 2 heterocycles. The molecule has 11 heteroatoms. The van der Waals surface area contributed by atoms with E-state index in [2.05, 4.69) is 10.3 Å². The summed E-state index contributed by atoms with van der Waals surface area (Å²) in [5, 5.41) is 2.45. The summed E-state index contributed by atoms with van der Waals surface area (Å²) in [6, 6.07) is 0.203. The number of nitrogens with zero attached hydrogens (tertiary/aromatic N) is 1. The van der Waals surface area contributed by atoms with E-state index >= 15 is 0 Å². The maximum absolute atomic E-state index is 13.0. The van der Waals surface area contributed by atoms with Crippen molar-refractivity contribution in [2.45, 2.75) is 79.1 Å². The van der Waals surface area contributed by atoms with E-state index in [4.69, 9.17) is 18.9 Å². The molecule has 1 N–H and O–H groups in total. The molecule has 1 aromatic heterocycles. The molecule has 0 aromatic carbocycles. The lowest BCUT2D eigenvalue weighted by molar-refractivity contribution is -0.176. The molecule has 0 unspecified atom stereocenters. The van der Waals surface area contributed by atoms with Gasteiger partial charge in [0.25, 0.3) is 5.91 Å². The fourth-order valence-electron chi connectivity index (χ4n) is 3.51. The monoisotopic (exact) mass is 506 g/mol. The van der Waals surface area contributed by atoms with Crippen molar-refractivity contribution in [3.05, 3.63) is 23.5 Å². The Morgan fingerprint density at radius 1 is 1.19 bits per heavy atom. The van der Waals surface area contributed by atoms with Crippen molar-refractivity contribution in [2.75, 3.05) is 6.61 Å². The number of pyridine rings is 1. The van der Waals surface area contributed by atoms with Gasteiger partial charge < -0.3 is 24.3 Å². The summed E-state index contributed by atoms with van der Waals surface area (Å²) in [6.45, 7) is 9.47. The highest BCUT2D eigenvalue weighted by Gasteiger charge is 2.41. The largest absolute Gasteiger partial charge is 0.463 e. The van der Waals surface area contributed by atoms with Crippen LogP contribution < -0.4 is 10.1 Å². The normalized spacial score (nSPS) is 22.4.